The number of hydrogen-bond donors (Lipinski definition) is 1. The summed E-state index contributed by atoms with van der Waals surface area (Å²) in [6.07, 6.45) is 1.52. The lowest BCUT2D eigenvalue weighted by atomic mass is 9.88. The molecule has 0 aliphatic rings. The number of carboxylic acids is 1. The van der Waals surface area contributed by atoms with Crippen LogP contribution in [0.5, 0.6) is 0 Å². The Morgan fingerprint density at radius 3 is 2.25 bits per heavy atom. The minimum atomic E-state index is -0.791. The lowest BCUT2D eigenvalue weighted by Crippen LogP contribution is -2.20. The fourth-order valence-electron chi connectivity index (χ4n) is 1.09. The Morgan fingerprint density at radius 2 is 1.92 bits per heavy atom. The lowest BCUT2D eigenvalue weighted by molar-refractivity contribution is -0.143. The minimum Gasteiger partial charge on any atom is -0.481 e. The molecular formula is C9H16O3. The summed E-state index contributed by atoms with van der Waals surface area (Å²) >= 11 is 0. The first-order valence-corrected chi connectivity index (χ1v) is 4.17. The standard InChI is InChI=1S/C9H16O3/c1-6(5-10)4-7(2)8(3)9(11)12/h5-8H,4H2,1-3H3,(H,11,12)/t6-,7-,8+/m0/s1. The maximum Gasteiger partial charge on any atom is 0.306 e. The molecule has 0 saturated carbocycles. The predicted molar refractivity (Wildman–Crippen MR) is 45.8 cm³/mol. The number of aliphatic carboxylic acids is 1. The first kappa shape index (κ1) is 11.1. The Hall–Kier alpha value is -0.860. The second kappa shape index (κ2) is 4.91. The van der Waals surface area contributed by atoms with Crippen LogP contribution in [-0.2, 0) is 9.59 Å². The Kier molecular flexibility index (Phi) is 4.55. The average Bonchev–Trinajstić information content (AvgIpc) is 2.02. The summed E-state index contributed by atoms with van der Waals surface area (Å²) in [5.41, 5.74) is 0. The van der Waals surface area contributed by atoms with Gasteiger partial charge in [0.05, 0.1) is 5.92 Å². The molecule has 3 heteroatoms. The molecule has 0 amide bonds. The highest BCUT2D eigenvalue weighted by molar-refractivity contribution is 5.69. The van der Waals surface area contributed by atoms with E-state index < -0.39 is 5.97 Å². The van der Waals surface area contributed by atoms with E-state index in [0.717, 1.165) is 6.29 Å². The highest BCUT2D eigenvalue weighted by Crippen LogP contribution is 2.18. The molecule has 3 nitrogen and oxygen atoms in total. The van der Waals surface area contributed by atoms with Gasteiger partial charge >= 0.3 is 5.97 Å². The van der Waals surface area contributed by atoms with Gasteiger partial charge in [-0.3, -0.25) is 4.79 Å². The van der Waals surface area contributed by atoms with Crippen LogP contribution in [0.2, 0.25) is 0 Å². The van der Waals surface area contributed by atoms with Crippen molar-refractivity contribution < 1.29 is 14.7 Å². The van der Waals surface area contributed by atoms with E-state index in [-0.39, 0.29) is 17.8 Å². The molecule has 0 heterocycles. The zero-order valence-corrected chi connectivity index (χ0v) is 7.78. The van der Waals surface area contributed by atoms with E-state index in [1.807, 2.05) is 6.92 Å². The van der Waals surface area contributed by atoms with Crippen molar-refractivity contribution in [1.82, 2.24) is 0 Å². The summed E-state index contributed by atoms with van der Waals surface area (Å²) in [6.45, 7) is 5.33. The van der Waals surface area contributed by atoms with Gasteiger partial charge in [0.1, 0.15) is 6.29 Å². The second-order valence-corrected chi connectivity index (χ2v) is 3.45. The molecule has 0 unspecified atom stereocenters. The molecule has 0 aromatic carbocycles. The third-order valence-corrected chi connectivity index (χ3v) is 2.22. The first-order valence-electron chi connectivity index (χ1n) is 4.17. The topological polar surface area (TPSA) is 54.4 Å². The van der Waals surface area contributed by atoms with E-state index in [0.29, 0.717) is 6.42 Å². The highest BCUT2D eigenvalue weighted by Gasteiger charge is 2.20. The first-order chi connectivity index (χ1) is 5.49. The molecular weight excluding hydrogens is 156 g/mol. The number of carbonyl (C=O) groups excluding carboxylic acids is 1. The van der Waals surface area contributed by atoms with Crippen LogP contribution in [0.3, 0.4) is 0 Å². The number of hydrogen-bond acceptors (Lipinski definition) is 2. The van der Waals surface area contributed by atoms with Crippen LogP contribution in [0.25, 0.3) is 0 Å². The second-order valence-electron chi connectivity index (χ2n) is 3.45. The molecule has 0 bridgehead atoms. The highest BCUT2D eigenvalue weighted by atomic mass is 16.4. The van der Waals surface area contributed by atoms with E-state index in [1.54, 1.807) is 13.8 Å². The molecule has 0 radical (unpaired) electrons. The minimum absolute atomic E-state index is 0.0400. The van der Waals surface area contributed by atoms with Gasteiger partial charge in [0.2, 0.25) is 0 Å². The van der Waals surface area contributed by atoms with E-state index in [2.05, 4.69) is 0 Å². The normalized spacial score (nSPS) is 17.9. The molecule has 0 saturated heterocycles. The predicted octanol–water partition coefficient (Wildman–Crippen LogP) is 1.57. The molecule has 3 atom stereocenters. The van der Waals surface area contributed by atoms with Gasteiger partial charge in [-0.1, -0.05) is 20.8 Å². The molecule has 0 aliphatic heterocycles. The third-order valence-electron chi connectivity index (χ3n) is 2.22. The van der Waals surface area contributed by atoms with Crippen LogP contribution >= 0.6 is 0 Å². The zero-order valence-electron chi connectivity index (χ0n) is 7.78. The fraction of sp³-hybridized carbons (Fsp3) is 0.778. The molecule has 0 spiro atoms. The average molecular weight is 172 g/mol. The number of carboxylic acid groups (broad SMARTS) is 1. The molecule has 0 rings (SSSR count). The number of aldehydes is 1. The van der Waals surface area contributed by atoms with E-state index in [9.17, 15) is 9.59 Å². The number of carbonyl (C=O) groups is 2. The van der Waals surface area contributed by atoms with Crippen LogP contribution < -0.4 is 0 Å². The summed E-state index contributed by atoms with van der Waals surface area (Å²) in [5.74, 6) is -1.14. The van der Waals surface area contributed by atoms with Gasteiger partial charge in [0.25, 0.3) is 0 Å². The van der Waals surface area contributed by atoms with Crippen LogP contribution in [0, 0.1) is 17.8 Å². The van der Waals surface area contributed by atoms with E-state index >= 15 is 0 Å². The Bertz CT molecular complexity index is 165. The Balaban J connectivity index is 3.94. The molecule has 1 N–H and O–H groups in total. The Morgan fingerprint density at radius 1 is 1.42 bits per heavy atom. The van der Waals surface area contributed by atoms with Gasteiger partial charge < -0.3 is 9.90 Å². The van der Waals surface area contributed by atoms with Crippen molar-refractivity contribution in [2.45, 2.75) is 27.2 Å². The molecule has 0 aromatic rings. The smallest absolute Gasteiger partial charge is 0.306 e. The summed E-state index contributed by atoms with van der Waals surface area (Å²) in [6, 6.07) is 0. The maximum absolute atomic E-state index is 10.5. The van der Waals surface area contributed by atoms with Crippen LogP contribution in [0.4, 0.5) is 0 Å². The van der Waals surface area contributed by atoms with Crippen molar-refractivity contribution in [3.05, 3.63) is 0 Å². The van der Waals surface area contributed by atoms with Gasteiger partial charge in [0.15, 0.2) is 0 Å². The molecule has 0 aromatic heterocycles. The number of rotatable bonds is 5. The van der Waals surface area contributed by atoms with Crippen molar-refractivity contribution >= 4 is 12.3 Å². The molecule has 12 heavy (non-hydrogen) atoms. The van der Waals surface area contributed by atoms with Gasteiger partial charge in [-0.2, -0.15) is 0 Å². The quantitative estimate of drug-likeness (QED) is 0.640. The van der Waals surface area contributed by atoms with E-state index in [1.165, 1.54) is 0 Å². The zero-order chi connectivity index (χ0) is 9.72. The summed E-state index contributed by atoms with van der Waals surface area (Å²) in [4.78, 5) is 20.8. The van der Waals surface area contributed by atoms with Crippen LogP contribution in [0.1, 0.15) is 27.2 Å². The van der Waals surface area contributed by atoms with Gasteiger partial charge in [-0.25, -0.2) is 0 Å². The van der Waals surface area contributed by atoms with Crippen molar-refractivity contribution in [1.29, 1.82) is 0 Å². The Labute approximate surface area is 72.8 Å². The SMILES string of the molecule is C[C@H](C=O)C[C@H](C)[C@@H](C)C(=O)O. The fourth-order valence-corrected chi connectivity index (χ4v) is 1.09. The van der Waals surface area contributed by atoms with E-state index in [4.69, 9.17) is 5.11 Å². The van der Waals surface area contributed by atoms with Crippen LogP contribution in [-0.4, -0.2) is 17.4 Å². The monoisotopic (exact) mass is 172 g/mol. The van der Waals surface area contributed by atoms with Crippen molar-refractivity contribution in [2.75, 3.05) is 0 Å². The summed E-state index contributed by atoms with van der Waals surface area (Å²) in [7, 11) is 0. The van der Waals surface area contributed by atoms with Crippen molar-refractivity contribution in [2.24, 2.45) is 17.8 Å². The van der Waals surface area contributed by atoms with Gasteiger partial charge in [0, 0.05) is 5.92 Å². The maximum atomic E-state index is 10.5. The van der Waals surface area contributed by atoms with Crippen molar-refractivity contribution in [3.63, 3.8) is 0 Å². The lowest BCUT2D eigenvalue weighted by Gasteiger charge is -2.16. The summed E-state index contributed by atoms with van der Waals surface area (Å²) < 4.78 is 0. The largest absolute Gasteiger partial charge is 0.481 e. The molecule has 0 fully saturated rings. The third kappa shape index (κ3) is 3.51. The van der Waals surface area contributed by atoms with Crippen LogP contribution in [0.15, 0.2) is 0 Å². The molecule has 70 valence electrons. The van der Waals surface area contributed by atoms with Gasteiger partial charge in [-0.05, 0) is 12.3 Å². The summed E-state index contributed by atoms with van der Waals surface area (Å²) in [5, 5.41) is 8.65. The van der Waals surface area contributed by atoms with Gasteiger partial charge in [-0.15, -0.1) is 0 Å². The van der Waals surface area contributed by atoms with Crippen molar-refractivity contribution in [3.8, 4) is 0 Å². The molecule has 0 aliphatic carbocycles.